The second-order valence-corrected chi connectivity index (χ2v) is 5.05. The molecule has 16 heavy (non-hydrogen) atoms. The molecule has 1 aromatic carbocycles. The van der Waals surface area contributed by atoms with Crippen LogP contribution in [0.3, 0.4) is 0 Å². The molecule has 0 aliphatic carbocycles. The van der Waals surface area contributed by atoms with Gasteiger partial charge in [0.25, 0.3) is 0 Å². The summed E-state index contributed by atoms with van der Waals surface area (Å²) in [5.41, 5.74) is 7.17. The number of para-hydroxylation sites is 1. The molecule has 0 amide bonds. The average Bonchev–Trinajstić information content (AvgIpc) is 2.26. The predicted octanol–water partition coefficient (Wildman–Crippen LogP) is 3.31. The monoisotopic (exact) mass is 221 g/mol. The van der Waals surface area contributed by atoms with Gasteiger partial charge in [-0.1, -0.05) is 32.0 Å². The molecule has 0 aromatic heterocycles. The van der Waals surface area contributed by atoms with E-state index in [0.717, 1.165) is 24.2 Å². The molecule has 0 heterocycles. The average molecular weight is 221 g/mol. The van der Waals surface area contributed by atoms with Crippen molar-refractivity contribution in [3.63, 3.8) is 0 Å². The molecule has 2 N–H and O–H groups in total. The highest BCUT2D eigenvalue weighted by molar-refractivity contribution is 5.38. The SMILES string of the molecule is COc1ccccc1C(C)(N)CCC(C)C. The van der Waals surface area contributed by atoms with Gasteiger partial charge < -0.3 is 10.5 Å². The van der Waals surface area contributed by atoms with Crippen LogP contribution in [-0.4, -0.2) is 7.11 Å². The first kappa shape index (κ1) is 13.0. The third kappa shape index (κ3) is 3.24. The van der Waals surface area contributed by atoms with Crippen molar-refractivity contribution in [2.75, 3.05) is 7.11 Å². The lowest BCUT2D eigenvalue weighted by atomic mass is 9.85. The second-order valence-electron chi connectivity index (χ2n) is 5.05. The van der Waals surface area contributed by atoms with E-state index in [9.17, 15) is 0 Å². The van der Waals surface area contributed by atoms with E-state index in [0.29, 0.717) is 5.92 Å². The van der Waals surface area contributed by atoms with Crippen LogP contribution in [0.2, 0.25) is 0 Å². The number of rotatable bonds is 5. The largest absolute Gasteiger partial charge is 0.496 e. The van der Waals surface area contributed by atoms with Gasteiger partial charge in [-0.2, -0.15) is 0 Å². The Morgan fingerprint density at radius 2 is 1.94 bits per heavy atom. The van der Waals surface area contributed by atoms with Crippen LogP contribution in [0, 0.1) is 5.92 Å². The molecule has 0 aliphatic rings. The molecule has 0 aliphatic heterocycles. The van der Waals surface area contributed by atoms with Gasteiger partial charge in [0.1, 0.15) is 5.75 Å². The lowest BCUT2D eigenvalue weighted by Crippen LogP contribution is -2.33. The lowest BCUT2D eigenvalue weighted by molar-refractivity contribution is 0.360. The number of nitrogens with two attached hydrogens (primary N) is 1. The molecule has 0 radical (unpaired) electrons. The Bertz CT molecular complexity index is 331. The van der Waals surface area contributed by atoms with Gasteiger partial charge in [-0.3, -0.25) is 0 Å². The van der Waals surface area contributed by atoms with E-state index in [1.54, 1.807) is 7.11 Å². The van der Waals surface area contributed by atoms with Gasteiger partial charge in [-0.25, -0.2) is 0 Å². The molecule has 1 unspecified atom stereocenters. The Kier molecular flexibility index (Phi) is 4.36. The summed E-state index contributed by atoms with van der Waals surface area (Å²) in [6, 6.07) is 8.01. The first-order chi connectivity index (χ1) is 7.47. The van der Waals surface area contributed by atoms with Crippen molar-refractivity contribution in [2.24, 2.45) is 11.7 Å². The van der Waals surface area contributed by atoms with Gasteiger partial charge in [-0.15, -0.1) is 0 Å². The Morgan fingerprint density at radius 1 is 1.31 bits per heavy atom. The Labute approximate surface area is 98.8 Å². The van der Waals surface area contributed by atoms with E-state index in [-0.39, 0.29) is 5.54 Å². The topological polar surface area (TPSA) is 35.2 Å². The van der Waals surface area contributed by atoms with Gasteiger partial charge in [-0.05, 0) is 31.7 Å². The number of methoxy groups -OCH3 is 1. The molecule has 90 valence electrons. The van der Waals surface area contributed by atoms with Crippen molar-refractivity contribution < 1.29 is 4.74 Å². The van der Waals surface area contributed by atoms with E-state index in [1.165, 1.54) is 0 Å². The fraction of sp³-hybridized carbons (Fsp3) is 0.571. The zero-order chi connectivity index (χ0) is 12.2. The summed E-state index contributed by atoms with van der Waals surface area (Å²) in [5.74, 6) is 1.56. The Balaban J connectivity index is 2.88. The number of hydrogen-bond donors (Lipinski definition) is 1. The molecule has 2 heteroatoms. The molecular formula is C14H23NO. The summed E-state index contributed by atoms with van der Waals surface area (Å²) in [6.07, 6.45) is 2.11. The van der Waals surface area contributed by atoms with Gasteiger partial charge in [0.15, 0.2) is 0 Å². The van der Waals surface area contributed by atoms with Crippen molar-refractivity contribution in [1.82, 2.24) is 0 Å². The minimum atomic E-state index is -0.309. The number of ether oxygens (including phenoxy) is 1. The Morgan fingerprint density at radius 3 is 2.50 bits per heavy atom. The zero-order valence-corrected chi connectivity index (χ0v) is 10.8. The van der Waals surface area contributed by atoms with Crippen molar-refractivity contribution in [3.8, 4) is 5.75 Å². The molecular weight excluding hydrogens is 198 g/mol. The van der Waals surface area contributed by atoms with E-state index in [1.807, 2.05) is 18.2 Å². The molecule has 0 spiro atoms. The number of benzene rings is 1. The van der Waals surface area contributed by atoms with E-state index in [4.69, 9.17) is 10.5 Å². The van der Waals surface area contributed by atoms with E-state index >= 15 is 0 Å². The third-order valence-corrected chi connectivity index (χ3v) is 2.96. The van der Waals surface area contributed by atoms with Crippen LogP contribution in [0.15, 0.2) is 24.3 Å². The van der Waals surface area contributed by atoms with Crippen molar-refractivity contribution in [2.45, 2.75) is 39.2 Å². The molecule has 1 atom stereocenters. The van der Waals surface area contributed by atoms with Gasteiger partial charge in [0.2, 0.25) is 0 Å². The summed E-state index contributed by atoms with van der Waals surface area (Å²) in [5, 5.41) is 0. The normalized spacial score (nSPS) is 14.9. The van der Waals surface area contributed by atoms with E-state index in [2.05, 4.69) is 26.8 Å². The first-order valence-corrected chi connectivity index (χ1v) is 5.89. The minimum absolute atomic E-state index is 0.309. The van der Waals surface area contributed by atoms with Crippen LogP contribution in [0.25, 0.3) is 0 Å². The highest BCUT2D eigenvalue weighted by Gasteiger charge is 2.24. The lowest BCUT2D eigenvalue weighted by Gasteiger charge is -2.27. The maximum Gasteiger partial charge on any atom is 0.123 e. The van der Waals surface area contributed by atoms with E-state index < -0.39 is 0 Å². The quantitative estimate of drug-likeness (QED) is 0.828. The molecule has 0 saturated heterocycles. The van der Waals surface area contributed by atoms with Gasteiger partial charge in [0.05, 0.1) is 7.11 Å². The summed E-state index contributed by atoms with van der Waals surface area (Å²) in [7, 11) is 1.69. The fourth-order valence-corrected chi connectivity index (χ4v) is 1.84. The maximum absolute atomic E-state index is 6.38. The highest BCUT2D eigenvalue weighted by Crippen LogP contribution is 2.31. The minimum Gasteiger partial charge on any atom is -0.496 e. The summed E-state index contributed by atoms with van der Waals surface area (Å²) in [4.78, 5) is 0. The molecule has 0 fully saturated rings. The van der Waals surface area contributed by atoms with Crippen LogP contribution in [0.5, 0.6) is 5.75 Å². The van der Waals surface area contributed by atoms with Crippen LogP contribution in [0.1, 0.15) is 39.2 Å². The van der Waals surface area contributed by atoms with Crippen molar-refractivity contribution in [1.29, 1.82) is 0 Å². The van der Waals surface area contributed by atoms with Crippen LogP contribution < -0.4 is 10.5 Å². The molecule has 1 rings (SSSR count). The molecule has 0 bridgehead atoms. The first-order valence-electron chi connectivity index (χ1n) is 5.89. The summed E-state index contributed by atoms with van der Waals surface area (Å²) in [6.45, 7) is 6.52. The molecule has 1 aromatic rings. The smallest absolute Gasteiger partial charge is 0.123 e. The van der Waals surface area contributed by atoms with Crippen molar-refractivity contribution >= 4 is 0 Å². The molecule has 0 saturated carbocycles. The van der Waals surface area contributed by atoms with Gasteiger partial charge >= 0.3 is 0 Å². The third-order valence-electron chi connectivity index (χ3n) is 2.96. The van der Waals surface area contributed by atoms with Crippen molar-refractivity contribution in [3.05, 3.63) is 29.8 Å². The Hall–Kier alpha value is -1.02. The zero-order valence-electron chi connectivity index (χ0n) is 10.8. The maximum atomic E-state index is 6.38. The van der Waals surface area contributed by atoms with Crippen LogP contribution in [-0.2, 0) is 5.54 Å². The van der Waals surface area contributed by atoms with Crippen LogP contribution >= 0.6 is 0 Å². The predicted molar refractivity (Wildman–Crippen MR) is 68.6 cm³/mol. The number of hydrogen-bond acceptors (Lipinski definition) is 2. The molecule has 2 nitrogen and oxygen atoms in total. The fourth-order valence-electron chi connectivity index (χ4n) is 1.84. The van der Waals surface area contributed by atoms with Crippen LogP contribution in [0.4, 0.5) is 0 Å². The summed E-state index contributed by atoms with van der Waals surface area (Å²) >= 11 is 0. The standard InChI is InChI=1S/C14H23NO/c1-11(2)9-10-14(3,15)12-7-5-6-8-13(12)16-4/h5-8,11H,9-10,15H2,1-4H3. The summed E-state index contributed by atoms with van der Waals surface area (Å²) < 4.78 is 5.36. The highest BCUT2D eigenvalue weighted by atomic mass is 16.5. The van der Waals surface area contributed by atoms with Gasteiger partial charge in [0, 0.05) is 11.1 Å². The second kappa shape index (κ2) is 5.35.